The molecule has 0 aromatic carbocycles. The van der Waals surface area contributed by atoms with E-state index < -0.39 is 0 Å². The van der Waals surface area contributed by atoms with Gasteiger partial charge < -0.3 is 10.2 Å². The van der Waals surface area contributed by atoms with Crippen LogP contribution in [-0.4, -0.2) is 37.1 Å². The first-order valence-corrected chi connectivity index (χ1v) is 7.15. The van der Waals surface area contributed by atoms with E-state index in [-0.39, 0.29) is 0 Å². The van der Waals surface area contributed by atoms with Crippen molar-refractivity contribution < 1.29 is 0 Å². The van der Waals surface area contributed by atoms with Gasteiger partial charge in [-0.2, -0.15) is 0 Å². The number of hydrogen-bond donors (Lipinski definition) is 1. The molecule has 0 radical (unpaired) electrons. The van der Waals surface area contributed by atoms with Crippen molar-refractivity contribution >= 4 is 0 Å². The molecule has 2 aliphatic heterocycles. The molecule has 3 unspecified atom stereocenters. The number of fused-ring (bicyclic) bond motifs is 2. The number of piperidine rings is 1. The van der Waals surface area contributed by atoms with Crippen LogP contribution < -0.4 is 5.32 Å². The first-order chi connectivity index (χ1) is 7.70. The molecule has 16 heavy (non-hydrogen) atoms. The third-order valence-electron chi connectivity index (χ3n) is 5.47. The minimum Gasteiger partial charge on any atom is -0.313 e. The highest BCUT2D eigenvalue weighted by atomic mass is 15.2. The van der Waals surface area contributed by atoms with Crippen molar-refractivity contribution in [1.29, 1.82) is 0 Å². The zero-order chi connectivity index (χ0) is 11.2. The molecule has 1 N–H and O–H groups in total. The van der Waals surface area contributed by atoms with E-state index in [4.69, 9.17) is 0 Å². The van der Waals surface area contributed by atoms with Crippen LogP contribution in [0.15, 0.2) is 0 Å². The molecule has 1 aliphatic carbocycles. The molecule has 1 saturated carbocycles. The fourth-order valence-corrected chi connectivity index (χ4v) is 3.67. The van der Waals surface area contributed by atoms with Crippen LogP contribution in [0.5, 0.6) is 0 Å². The molecule has 2 saturated heterocycles. The van der Waals surface area contributed by atoms with Crippen molar-refractivity contribution in [3.63, 3.8) is 0 Å². The summed E-state index contributed by atoms with van der Waals surface area (Å²) in [5, 5.41) is 3.91. The van der Waals surface area contributed by atoms with Crippen LogP contribution in [-0.2, 0) is 0 Å². The first-order valence-electron chi connectivity index (χ1n) is 7.15. The monoisotopic (exact) mass is 222 g/mol. The molecule has 0 spiro atoms. The summed E-state index contributed by atoms with van der Waals surface area (Å²) >= 11 is 0. The summed E-state index contributed by atoms with van der Waals surface area (Å²) in [5.74, 6) is 1.82. The van der Waals surface area contributed by atoms with Gasteiger partial charge in [0.1, 0.15) is 0 Å². The zero-order valence-electron chi connectivity index (χ0n) is 10.8. The third kappa shape index (κ3) is 1.91. The van der Waals surface area contributed by atoms with Crippen LogP contribution >= 0.6 is 0 Å². The predicted molar refractivity (Wildman–Crippen MR) is 67.5 cm³/mol. The van der Waals surface area contributed by atoms with Gasteiger partial charge in [0.15, 0.2) is 0 Å². The second-order valence-electron chi connectivity index (χ2n) is 6.64. The molecule has 0 amide bonds. The van der Waals surface area contributed by atoms with Crippen LogP contribution in [0.2, 0.25) is 0 Å². The van der Waals surface area contributed by atoms with E-state index in [1.165, 1.54) is 51.9 Å². The van der Waals surface area contributed by atoms with E-state index >= 15 is 0 Å². The Morgan fingerprint density at radius 2 is 2.00 bits per heavy atom. The summed E-state index contributed by atoms with van der Waals surface area (Å²) in [6.45, 7) is 10.1. The molecule has 92 valence electrons. The van der Waals surface area contributed by atoms with Crippen molar-refractivity contribution in [1.82, 2.24) is 10.2 Å². The van der Waals surface area contributed by atoms with Gasteiger partial charge in [-0.3, -0.25) is 0 Å². The number of nitrogens with zero attached hydrogens (tertiary/aromatic N) is 1. The highest BCUT2D eigenvalue weighted by molar-refractivity contribution is 4.99. The summed E-state index contributed by atoms with van der Waals surface area (Å²) in [6, 6.07) is 0.829. The van der Waals surface area contributed by atoms with Gasteiger partial charge in [0, 0.05) is 19.1 Å². The molecule has 3 aliphatic rings. The molecular weight excluding hydrogens is 196 g/mol. The quantitative estimate of drug-likeness (QED) is 0.784. The molecule has 0 aromatic rings. The molecule has 2 nitrogen and oxygen atoms in total. The summed E-state index contributed by atoms with van der Waals surface area (Å²) in [5.41, 5.74) is 0.676. The lowest BCUT2D eigenvalue weighted by molar-refractivity contribution is 0.205. The van der Waals surface area contributed by atoms with E-state index in [0.717, 1.165) is 17.9 Å². The van der Waals surface area contributed by atoms with E-state index in [0.29, 0.717) is 5.41 Å². The summed E-state index contributed by atoms with van der Waals surface area (Å²) in [4.78, 5) is 2.64. The van der Waals surface area contributed by atoms with Crippen LogP contribution in [0.25, 0.3) is 0 Å². The lowest BCUT2D eigenvalue weighted by atomic mass is 9.89. The van der Waals surface area contributed by atoms with Crippen molar-refractivity contribution in [2.75, 3.05) is 26.2 Å². The smallest absolute Gasteiger partial charge is 0.0120 e. The Bertz CT molecular complexity index is 257. The Morgan fingerprint density at radius 3 is 2.69 bits per heavy atom. The lowest BCUT2D eigenvalue weighted by Gasteiger charge is -2.33. The lowest BCUT2D eigenvalue weighted by Crippen LogP contribution is -2.46. The van der Waals surface area contributed by atoms with E-state index in [1.807, 2.05) is 0 Å². The van der Waals surface area contributed by atoms with Crippen LogP contribution in [0.3, 0.4) is 0 Å². The van der Waals surface area contributed by atoms with Gasteiger partial charge in [-0.05, 0) is 56.0 Å². The predicted octanol–water partition coefficient (Wildman–Crippen LogP) is 2.11. The maximum Gasteiger partial charge on any atom is 0.0120 e. The van der Waals surface area contributed by atoms with Gasteiger partial charge in [-0.15, -0.1) is 0 Å². The molecule has 2 bridgehead atoms. The zero-order valence-corrected chi connectivity index (χ0v) is 10.8. The molecular formula is C14H26N2. The largest absolute Gasteiger partial charge is 0.313 e. The topological polar surface area (TPSA) is 15.3 Å². The van der Waals surface area contributed by atoms with E-state index in [9.17, 15) is 0 Å². The fraction of sp³-hybridized carbons (Fsp3) is 1.00. The maximum atomic E-state index is 3.91. The van der Waals surface area contributed by atoms with E-state index in [1.54, 1.807) is 0 Å². The highest BCUT2D eigenvalue weighted by Crippen LogP contribution is 2.51. The van der Waals surface area contributed by atoms with Crippen molar-refractivity contribution in [3.8, 4) is 0 Å². The van der Waals surface area contributed by atoms with Crippen molar-refractivity contribution in [2.45, 2.75) is 45.6 Å². The standard InChI is InChI=1S/C14H26N2/c1-11(2)14(5-6-14)10-15-13-4-8-16-7-3-12(13)9-16/h11-13,15H,3-10H2,1-2H3. The van der Waals surface area contributed by atoms with Gasteiger partial charge >= 0.3 is 0 Å². The Labute approximate surface area is 99.8 Å². The Kier molecular flexibility index (Phi) is 2.75. The first kappa shape index (κ1) is 11.0. The van der Waals surface area contributed by atoms with Crippen LogP contribution in [0, 0.1) is 17.3 Å². The molecule has 3 atom stereocenters. The molecule has 3 rings (SSSR count). The summed E-state index contributed by atoms with van der Waals surface area (Å²) in [6.07, 6.45) is 5.74. The Hall–Kier alpha value is -0.0800. The molecule has 3 fully saturated rings. The minimum atomic E-state index is 0.676. The minimum absolute atomic E-state index is 0.676. The second kappa shape index (κ2) is 3.99. The van der Waals surface area contributed by atoms with Crippen LogP contribution in [0.1, 0.15) is 39.5 Å². The number of nitrogens with one attached hydrogen (secondary N) is 1. The third-order valence-corrected chi connectivity index (χ3v) is 5.47. The van der Waals surface area contributed by atoms with Gasteiger partial charge in [0.2, 0.25) is 0 Å². The van der Waals surface area contributed by atoms with Crippen LogP contribution in [0.4, 0.5) is 0 Å². The van der Waals surface area contributed by atoms with Gasteiger partial charge in [0.05, 0.1) is 0 Å². The average molecular weight is 222 g/mol. The maximum absolute atomic E-state index is 3.91. The van der Waals surface area contributed by atoms with Crippen molar-refractivity contribution in [3.05, 3.63) is 0 Å². The molecule has 2 heteroatoms. The Balaban J connectivity index is 1.52. The fourth-order valence-electron chi connectivity index (χ4n) is 3.67. The van der Waals surface area contributed by atoms with Gasteiger partial charge in [0.25, 0.3) is 0 Å². The van der Waals surface area contributed by atoms with E-state index in [2.05, 4.69) is 24.1 Å². The van der Waals surface area contributed by atoms with Gasteiger partial charge in [-0.25, -0.2) is 0 Å². The number of hydrogen-bond acceptors (Lipinski definition) is 2. The normalized spacial score (nSPS) is 40.3. The molecule has 2 heterocycles. The number of rotatable bonds is 4. The Morgan fingerprint density at radius 1 is 1.25 bits per heavy atom. The van der Waals surface area contributed by atoms with Crippen molar-refractivity contribution in [2.24, 2.45) is 17.3 Å². The molecule has 0 aromatic heterocycles. The average Bonchev–Trinajstić information content (AvgIpc) is 2.97. The summed E-state index contributed by atoms with van der Waals surface area (Å²) in [7, 11) is 0. The SMILES string of the molecule is CC(C)C1(CNC2CCN3CCC2C3)CC1. The second-order valence-corrected chi connectivity index (χ2v) is 6.64. The summed E-state index contributed by atoms with van der Waals surface area (Å²) < 4.78 is 0. The highest BCUT2D eigenvalue weighted by Gasteiger charge is 2.45. The van der Waals surface area contributed by atoms with Gasteiger partial charge in [-0.1, -0.05) is 13.8 Å².